The molecule has 0 amide bonds. The van der Waals surface area contributed by atoms with E-state index in [4.69, 9.17) is 9.47 Å². The van der Waals surface area contributed by atoms with Gasteiger partial charge >= 0.3 is 0 Å². The molecule has 5 nitrogen and oxygen atoms in total. The van der Waals surface area contributed by atoms with Gasteiger partial charge in [-0.25, -0.2) is 8.42 Å². The molecule has 1 atom stereocenters. The zero-order valence-electron chi connectivity index (χ0n) is 11.7. The molecule has 1 N–H and O–H groups in total. The van der Waals surface area contributed by atoms with Gasteiger partial charge < -0.3 is 14.8 Å². The standard InChI is InChI=1S/C14H21NO4S/c1-18-9-10-19-8-4-7-15-13-11-20(16,17)14-6-3-2-5-12(13)14/h2-3,5-6,13,15H,4,7-11H2,1H3. The third kappa shape index (κ3) is 3.79. The summed E-state index contributed by atoms with van der Waals surface area (Å²) in [6, 6.07) is 7.10. The summed E-state index contributed by atoms with van der Waals surface area (Å²) >= 11 is 0. The van der Waals surface area contributed by atoms with Gasteiger partial charge in [0.25, 0.3) is 0 Å². The van der Waals surface area contributed by atoms with E-state index in [0.717, 1.165) is 18.5 Å². The van der Waals surface area contributed by atoms with Crippen LogP contribution in [0.1, 0.15) is 18.0 Å². The summed E-state index contributed by atoms with van der Waals surface area (Å²) in [5, 5.41) is 3.29. The van der Waals surface area contributed by atoms with E-state index in [1.807, 2.05) is 12.1 Å². The molecule has 0 aromatic heterocycles. The number of sulfone groups is 1. The van der Waals surface area contributed by atoms with Gasteiger partial charge in [0.1, 0.15) is 0 Å². The fraction of sp³-hybridized carbons (Fsp3) is 0.571. The van der Waals surface area contributed by atoms with Crippen molar-refractivity contribution in [3.05, 3.63) is 29.8 Å². The molecular formula is C14H21NO4S. The van der Waals surface area contributed by atoms with Gasteiger partial charge in [0.05, 0.1) is 23.9 Å². The normalized spacial score (nSPS) is 19.9. The molecule has 0 saturated heterocycles. The molecule has 1 heterocycles. The zero-order valence-corrected chi connectivity index (χ0v) is 12.5. The van der Waals surface area contributed by atoms with Crippen LogP contribution in [-0.4, -0.2) is 47.6 Å². The van der Waals surface area contributed by atoms with Crippen LogP contribution in [0.15, 0.2) is 29.2 Å². The summed E-state index contributed by atoms with van der Waals surface area (Å²) in [6.07, 6.45) is 0.850. The van der Waals surface area contributed by atoms with Crippen LogP contribution >= 0.6 is 0 Å². The SMILES string of the molecule is COCCOCCCNC1CS(=O)(=O)c2ccccc21. The Morgan fingerprint density at radius 1 is 1.25 bits per heavy atom. The average Bonchev–Trinajstić information content (AvgIpc) is 2.70. The average molecular weight is 299 g/mol. The van der Waals surface area contributed by atoms with Crippen molar-refractivity contribution in [1.29, 1.82) is 0 Å². The number of nitrogens with one attached hydrogen (secondary N) is 1. The summed E-state index contributed by atoms with van der Waals surface area (Å²) in [7, 11) is -1.48. The number of ether oxygens (including phenoxy) is 2. The lowest BCUT2D eigenvalue weighted by Gasteiger charge is -2.12. The second-order valence-electron chi connectivity index (χ2n) is 4.78. The second-order valence-corrected chi connectivity index (χ2v) is 6.79. The number of methoxy groups -OCH3 is 1. The van der Waals surface area contributed by atoms with Gasteiger partial charge in [0, 0.05) is 19.8 Å². The van der Waals surface area contributed by atoms with Gasteiger partial charge in [0.2, 0.25) is 0 Å². The van der Waals surface area contributed by atoms with Crippen molar-refractivity contribution in [3.8, 4) is 0 Å². The van der Waals surface area contributed by atoms with Gasteiger partial charge in [-0.15, -0.1) is 0 Å². The summed E-state index contributed by atoms with van der Waals surface area (Å²) in [5.41, 5.74) is 0.882. The van der Waals surface area contributed by atoms with Crippen LogP contribution in [0.25, 0.3) is 0 Å². The highest BCUT2D eigenvalue weighted by molar-refractivity contribution is 7.91. The smallest absolute Gasteiger partial charge is 0.180 e. The van der Waals surface area contributed by atoms with E-state index in [1.54, 1.807) is 19.2 Å². The van der Waals surface area contributed by atoms with Crippen LogP contribution < -0.4 is 5.32 Å². The molecule has 1 aliphatic heterocycles. The van der Waals surface area contributed by atoms with Crippen molar-refractivity contribution < 1.29 is 17.9 Å². The maximum absolute atomic E-state index is 12.0. The Morgan fingerprint density at radius 3 is 2.85 bits per heavy atom. The molecule has 1 aromatic carbocycles. The van der Waals surface area contributed by atoms with Gasteiger partial charge in [-0.2, -0.15) is 0 Å². The monoisotopic (exact) mass is 299 g/mol. The van der Waals surface area contributed by atoms with Crippen LogP contribution in [0.2, 0.25) is 0 Å². The number of rotatable bonds is 8. The molecule has 0 fully saturated rings. The Kier molecular flexibility index (Phi) is 5.54. The van der Waals surface area contributed by atoms with Gasteiger partial charge in [0.15, 0.2) is 9.84 Å². The number of benzene rings is 1. The summed E-state index contributed by atoms with van der Waals surface area (Å²) < 4.78 is 34.2. The minimum absolute atomic E-state index is 0.102. The minimum Gasteiger partial charge on any atom is -0.382 e. The number of hydrogen-bond donors (Lipinski definition) is 1. The molecule has 0 spiro atoms. The Labute approximate surface area is 120 Å². The Bertz CT molecular complexity index is 530. The highest BCUT2D eigenvalue weighted by Crippen LogP contribution is 2.32. The molecule has 6 heteroatoms. The van der Waals surface area contributed by atoms with E-state index < -0.39 is 9.84 Å². The highest BCUT2D eigenvalue weighted by atomic mass is 32.2. The van der Waals surface area contributed by atoms with Gasteiger partial charge in [-0.1, -0.05) is 18.2 Å². The predicted molar refractivity (Wildman–Crippen MR) is 76.6 cm³/mol. The van der Waals surface area contributed by atoms with E-state index >= 15 is 0 Å². The van der Waals surface area contributed by atoms with Crippen molar-refractivity contribution in [3.63, 3.8) is 0 Å². The Morgan fingerprint density at radius 2 is 2.05 bits per heavy atom. The maximum Gasteiger partial charge on any atom is 0.180 e. The largest absolute Gasteiger partial charge is 0.382 e. The van der Waals surface area contributed by atoms with Crippen molar-refractivity contribution in [2.24, 2.45) is 0 Å². The molecule has 0 radical (unpaired) electrons. The van der Waals surface area contributed by atoms with Crippen molar-refractivity contribution >= 4 is 9.84 Å². The molecular weight excluding hydrogens is 278 g/mol. The van der Waals surface area contributed by atoms with Gasteiger partial charge in [-0.3, -0.25) is 0 Å². The maximum atomic E-state index is 12.0. The van der Waals surface area contributed by atoms with E-state index in [1.165, 1.54) is 0 Å². The van der Waals surface area contributed by atoms with E-state index in [-0.39, 0.29) is 11.8 Å². The van der Waals surface area contributed by atoms with Crippen molar-refractivity contribution in [2.75, 3.05) is 39.2 Å². The second kappa shape index (κ2) is 7.17. The Hall–Kier alpha value is -0.950. The minimum atomic E-state index is -3.12. The quantitative estimate of drug-likeness (QED) is 0.730. The van der Waals surface area contributed by atoms with Gasteiger partial charge in [-0.05, 0) is 24.6 Å². The molecule has 0 saturated carbocycles. The first-order valence-electron chi connectivity index (χ1n) is 6.77. The fourth-order valence-electron chi connectivity index (χ4n) is 2.31. The zero-order chi connectivity index (χ0) is 14.4. The molecule has 0 bridgehead atoms. The van der Waals surface area contributed by atoms with E-state index in [0.29, 0.717) is 24.7 Å². The third-order valence-corrected chi connectivity index (χ3v) is 5.12. The lowest BCUT2D eigenvalue weighted by molar-refractivity contribution is 0.0693. The molecule has 20 heavy (non-hydrogen) atoms. The van der Waals surface area contributed by atoms with E-state index in [9.17, 15) is 8.42 Å². The molecule has 0 aliphatic carbocycles. The first-order valence-corrected chi connectivity index (χ1v) is 8.42. The fourth-order valence-corrected chi connectivity index (χ4v) is 4.09. The van der Waals surface area contributed by atoms with Crippen molar-refractivity contribution in [2.45, 2.75) is 17.4 Å². The summed E-state index contributed by atoms with van der Waals surface area (Å²) in [6.45, 7) is 2.58. The molecule has 1 unspecified atom stereocenters. The number of fused-ring (bicyclic) bond motifs is 1. The van der Waals surface area contributed by atoms with Crippen LogP contribution in [0.4, 0.5) is 0 Å². The molecule has 2 rings (SSSR count). The Balaban J connectivity index is 1.78. The molecule has 1 aliphatic rings. The van der Waals surface area contributed by atoms with Crippen LogP contribution in [0.3, 0.4) is 0 Å². The van der Waals surface area contributed by atoms with Crippen LogP contribution in [0.5, 0.6) is 0 Å². The molecule has 112 valence electrons. The number of hydrogen-bond acceptors (Lipinski definition) is 5. The van der Waals surface area contributed by atoms with Crippen LogP contribution in [0, 0.1) is 0 Å². The first-order chi connectivity index (χ1) is 9.65. The third-order valence-electron chi connectivity index (χ3n) is 3.30. The first kappa shape index (κ1) is 15.4. The predicted octanol–water partition coefficient (Wildman–Crippen LogP) is 1.16. The van der Waals surface area contributed by atoms with E-state index in [2.05, 4.69) is 5.32 Å². The summed E-state index contributed by atoms with van der Waals surface area (Å²) in [4.78, 5) is 0.467. The highest BCUT2D eigenvalue weighted by Gasteiger charge is 2.33. The van der Waals surface area contributed by atoms with Crippen molar-refractivity contribution in [1.82, 2.24) is 5.32 Å². The lowest BCUT2D eigenvalue weighted by Crippen LogP contribution is -2.24. The summed E-state index contributed by atoms with van der Waals surface area (Å²) in [5.74, 6) is 0.150. The topological polar surface area (TPSA) is 64.6 Å². The van der Waals surface area contributed by atoms with Crippen LogP contribution in [-0.2, 0) is 19.3 Å². The molecule has 1 aromatic rings. The lowest BCUT2D eigenvalue weighted by atomic mass is 10.1.